The molecule has 1 aromatic heterocycles. The van der Waals surface area contributed by atoms with Gasteiger partial charge in [0, 0.05) is 4.88 Å². The average Bonchev–Trinajstić information content (AvgIpc) is 3.10. The highest BCUT2D eigenvalue weighted by Crippen LogP contribution is 2.26. The summed E-state index contributed by atoms with van der Waals surface area (Å²) >= 11 is 1.60. The number of nitrogens with zero attached hydrogens (tertiary/aromatic N) is 1. The van der Waals surface area contributed by atoms with E-state index in [4.69, 9.17) is 0 Å². The van der Waals surface area contributed by atoms with Crippen LogP contribution in [0.15, 0.2) is 41.8 Å². The highest BCUT2D eigenvalue weighted by Gasteiger charge is 2.20. The van der Waals surface area contributed by atoms with Crippen molar-refractivity contribution in [1.82, 2.24) is 10.2 Å². The summed E-state index contributed by atoms with van der Waals surface area (Å²) < 4.78 is 13.2. The number of hydrogen-bond donors (Lipinski definition) is 1. The Morgan fingerprint density at radius 2 is 1.76 bits per heavy atom. The van der Waals surface area contributed by atoms with Gasteiger partial charge in [0.25, 0.3) is 0 Å². The maximum atomic E-state index is 13.2. The monoisotopic (exact) mass is 360 g/mol. The number of nitrogens with one attached hydrogen (secondary N) is 1. The van der Waals surface area contributed by atoms with E-state index >= 15 is 0 Å². The summed E-state index contributed by atoms with van der Waals surface area (Å²) in [5.74, 6) is -0.232. The molecule has 2 aromatic rings. The van der Waals surface area contributed by atoms with E-state index in [1.807, 2.05) is 17.5 Å². The van der Waals surface area contributed by atoms with Gasteiger partial charge in [-0.1, -0.05) is 37.5 Å². The number of carbonyl (C=O) groups is 1. The predicted molar refractivity (Wildman–Crippen MR) is 100 cm³/mol. The lowest BCUT2D eigenvalue weighted by atomic mass is 10.1. The highest BCUT2D eigenvalue weighted by atomic mass is 32.1. The molecule has 1 atom stereocenters. The zero-order chi connectivity index (χ0) is 17.5. The maximum absolute atomic E-state index is 13.2. The lowest BCUT2D eigenvalue weighted by molar-refractivity contribution is -0.122. The lowest BCUT2D eigenvalue weighted by Crippen LogP contribution is -2.40. The second-order valence-electron chi connectivity index (χ2n) is 6.61. The van der Waals surface area contributed by atoms with Crippen LogP contribution in [-0.4, -0.2) is 30.4 Å². The molecule has 25 heavy (non-hydrogen) atoms. The fourth-order valence-corrected chi connectivity index (χ4v) is 4.11. The predicted octanol–water partition coefficient (Wildman–Crippen LogP) is 4.36. The first-order valence-corrected chi connectivity index (χ1v) is 9.91. The zero-order valence-corrected chi connectivity index (χ0v) is 15.2. The van der Waals surface area contributed by atoms with Crippen LogP contribution in [-0.2, 0) is 4.79 Å². The summed E-state index contributed by atoms with van der Waals surface area (Å²) in [5, 5.41) is 5.14. The Bertz CT molecular complexity index is 649. The summed E-state index contributed by atoms with van der Waals surface area (Å²) in [6.07, 6.45) is 6.15. The van der Waals surface area contributed by atoms with Crippen LogP contribution in [0.5, 0.6) is 0 Å². The summed E-state index contributed by atoms with van der Waals surface area (Å²) in [6.45, 7) is 2.42. The van der Waals surface area contributed by atoms with Crippen LogP contribution in [0.1, 0.15) is 48.6 Å². The second kappa shape index (κ2) is 9.11. The van der Waals surface area contributed by atoms with Crippen molar-refractivity contribution in [2.45, 2.75) is 38.1 Å². The normalized spacial score (nSPS) is 17.5. The molecule has 0 unspecified atom stereocenters. The molecule has 3 nitrogen and oxygen atoms in total. The molecule has 3 rings (SSSR count). The fraction of sp³-hybridized carbons (Fsp3) is 0.450. The van der Waals surface area contributed by atoms with E-state index in [9.17, 15) is 9.18 Å². The van der Waals surface area contributed by atoms with Crippen molar-refractivity contribution in [2.75, 3.05) is 19.6 Å². The molecular formula is C20H25FN2OS. The Hall–Kier alpha value is -1.72. The van der Waals surface area contributed by atoms with E-state index in [-0.39, 0.29) is 17.8 Å². The largest absolute Gasteiger partial charge is 0.343 e. The van der Waals surface area contributed by atoms with Gasteiger partial charge in [-0.2, -0.15) is 0 Å². The van der Waals surface area contributed by atoms with Crippen LogP contribution < -0.4 is 5.32 Å². The van der Waals surface area contributed by atoms with Crippen molar-refractivity contribution in [3.63, 3.8) is 0 Å². The Morgan fingerprint density at radius 1 is 1.08 bits per heavy atom. The van der Waals surface area contributed by atoms with Crippen molar-refractivity contribution < 1.29 is 9.18 Å². The quantitative estimate of drug-likeness (QED) is 0.859. The summed E-state index contributed by atoms with van der Waals surface area (Å²) in [6, 6.07) is 10.1. The first-order chi connectivity index (χ1) is 12.2. The van der Waals surface area contributed by atoms with Gasteiger partial charge in [0.05, 0.1) is 12.6 Å². The van der Waals surface area contributed by atoms with E-state index in [0.29, 0.717) is 6.54 Å². The Kier molecular flexibility index (Phi) is 6.59. The van der Waals surface area contributed by atoms with Crippen molar-refractivity contribution >= 4 is 17.2 Å². The van der Waals surface area contributed by atoms with Gasteiger partial charge in [0.2, 0.25) is 5.91 Å². The molecule has 1 fully saturated rings. The number of hydrogen-bond acceptors (Lipinski definition) is 3. The lowest BCUT2D eigenvalue weighted by Gasteiger charge is -2.25. The van der Waals surface area contributed by atoms with Gasteiger partial charge >= 0.3 is 0 Å². The molecule has 1 aliphatic rings. The Balaban J connectivity index is 1.67. The molecular weight excluding hydrogens is 335 g/mol. The van der Waals surface area contributed by atoms with Gasteiger partial charge in [0.1, 0.15) is 5.82 Å². The van der Waals surface area contributed by atoms with E-state index in [1.54, 1.807) is 23.5 Å². The van der Waals surface area contributed by atoms with E-state index in [0.717, 1.165) is 23.5 Å². The van der Waals surface area contributed by atoms with Gasteiger partial charge in [-0.05, 0) is 55.1 Å². The van der Waals surface area contributed by atoms with Crippen LogP contribution in [0, 0.1) is 5.82 Å². The maximum Gasteiger partial charge on any atom is 0.234 e. The first kappa shape index (κ1) is 18.1. The SMILES string of the molecule is O=C(CN1CCCCCCC1)N[C@@H](c1ccc(F)cc1)c1cccs1. The van der Waals surface area contributed by atoms with Crippen molar-refractivity contribution in [3.05, 3.63) is 58.0 Å². The molecule has 0 aliphatic carbocycles. The third kappa shape index (κ3) is 5.38. The molecule has 1 aliphatic heterocycles. The molecule has 1 saturated heterocycles. The molecule has 0 radical (unpaired) electrons. The third-order valence-corrected chi connectivity index (χ3v) is 5.59. The molecule has 1 amide bonds. The van der Waals surface area contributed by atoms with Gasteiger partial charge in [0.15, 0.2) is 0 Å². The number of amides is 1. The van der Waals surface area contributed by atoms with Crippen LogP contribution >= 0.6 is 11.3 Å². The highest BCUT2D eigenvalue weighted by molar-refractivity contribution is 7.10. The standard InChI is InChI=1S/C20H25FN2OS/c21-17-10-8-16(9-11-17)20(18-7-6-14-25-18)22-19(24)15-23-12-4-2-1-3-5-13-23/h6-11,14,20H,1-5,12-13,15H2,(H,22,24)/t20-/m0/s1. The molecule has 2 heterocycles. The van der Waals surface area contributed by atoms with E-state index in [2.05, 4.69) is 10.2 Å². The minimum absolute atomic E-state index is 0.0308. The summed E-state index contributed by atoms with van der Waals surface area (Å²) in [7, 11) is 0. The van der Waals surface area contributed by atoms with Gasteiger partial charge in [-0.25, -0.2) is 4.39 Å². The number of halogens is 1. The van der Waals surface area contributed by atoms with Crippen molar-refractivity contribution in [1.29, 1.82) is 0 Å². The molecule has 0 saturated carbocycles. The van der Waals surface area contributed by atoms with Crippen LogP contribution in [0.3, 0.4) is 0 Å². The number of carbonyl (C=O) groups excluding carboxylic acids is 1. The van der Waals surface area contributed by atoms with E-state index in [1.165, 1.54) is 44.2 Å². The number of thiophene rings is 1. The Labute approximate surface area is 152 Å². The van der Waals surface area contributed by atoms with Crippen LogP contribution in [0.25, 0.3) is 0 Å². The van der Waals surface area contributed by atoms with Gasteiger partial charge in [-0.15, -0.1) is 11.3 Å². The second-order valence-corrected chi connectivity index (χ2v) is 7.59. The first-order valence-electron chi connectivity index (χ1n) is 9.03. The number of likely N-dealkylation sites (tertiary alicyclic amines) is 1. The summed E-state index contributed by atoms with van der Waals surface area (Å²) in [5.41, 5.74) is 0.907. The molecule has 1 N–H and O–H groups in total. The minimum atomic E-state index is -0.263. The van der Waals surface area contributed by atoms with Crippen LogP contribution in [0.2, 0.25) is 0 Å². The Morgan fingerprint density at radius 3 is 2.40 bits per heavy atom. The molecule has 5 heteroatoms. The average molecular weight is 360 g/mol. The molecule has 0 spiro atoms. The van der Waals surface area contributed by atoms with Gasteiger partial charge < -0.3 is 5.32 Å². The minimum Gasteiger partial charge on any atom is -0.343 e. The fourth-order valence-electron chi connectivity index (χ4n) is 3.31. The van der Waals surface area contributed by atoms with Gasteiger partial charge in [-0.3, -0.25) is 9.69 Å². The zero-order valence-electron chi connectivity index (χ0n) is 14.4. The summed E-state index contributed by atoms with van der Waals surface area (Å²) in [4.78, 5) is 16.0. The topological polar surface area (TPSA) is 32.3 Å². The third-order valence-electron chi connectivity index (χ3n) is 4.65. The number of benzene rings is 1. The van der Waals surface area contributed by atoms with Crippen molar-refractivity contribution in [3.8, 4) is 0 Å². The van der Waals surface area contributed by atoms with Crippen LogP contribution in [0.4, 0.5) is 4.39 Å². The smallest absolute Gasteiger partial charge is 0.234 e. The van der Waals surface area contributed by atoms with Crippen molar-refractivity contribution in [2.24, 2.45) is 0 Å². The molecule has 0 bridgehead atoms. The van der Waals surface area contributed by atoms with E-state index < -0.39 is 0 Å². The number of rotatable bonds is 5. The molecule has 134 valence electrons. The molecule has 1 aromatic carbocycles.